The lowest BCUT2D eigenvalue weighted by molar-refractivity contribution is -0.155. The number of amides is 2. The maximum absolute atomic E-state index is 13.2. The van der Waals surface area contributed by atoms with E-state index in [0.717, 1.165) is 11.7 Å². The molecule has 0 aliphatic rings. The summed E-state index contributed by atoms with van der Waals surface area (Å²) in [5.41, 5.74) is -0.795. The fourth-order valence-corrected chi connectivity index (χ4v) is 5.16. The summed E-state index contributed by atoms with van der Waals surface area (Å²) in [7, 11) is -7.66. The molecule has 1 aromatic carbocycles. The molecule has 3 atom stereocenters. The molecule has 0 bridgehead atoms. The molecule has 0 unspecified atom stereocenters. The van der Waals surface area contributed by atoms with Gasteiger partial charge in [-0.25, -0.2) is 16.8 Å². The van der Waals surface area contributed by atoms with Gasteiger partial charge in [-0.05, 0) is 51.7 Å². The molecule has 0 spiro atoms. The van der Waals surface area contributed by atoms with Crippen LogP contribution >= 0.6 is 0 Å². The van der Waals surface area contributed by atoms with Crippen molar-refractivity contribution in [2.24, 2.45) is 5.92 Å². The van der Waals surface area contributed by atoms with Crippen molar-refractivity contribution in [3.05, 3.63) is 41.8 Å². The number of hydrogen-bond acceptors (Lipinski definition) is 9. The van der Waals surface area contributed by atoms with Crippen LogP contribution in [0.15, 0.2) is 46.7 Å². The number of carbonyl (C=O) groups excluding carboxylic acids is 3. The highest BCUT2D eigenvalue weighted by Gasteiger charge is 2.31. The van der Waals surface area contributed by atoms with Gasteiger partial charge in [0.25, 0.3) is 0 Å². The SMILES string of the molecule is CC(C)C[C@@H](/C=C/S(C)(=O)=O)NC(=O)[C@H](CO)NC(=O)[C@H](CCC(=O)OC(C)(C)C)NS(=O)(=O)c1ccccc1. The number of esters is 1. The third-order valence-electron chi connectivity index (χ3n) is 5.15. The van der Waals surface area contributed by atoms with Crippen molar-refractivity contribution in [2.45, 2.75) is 82.5 Å². The highest BCUT2D eigenvalue weighted by atomic mass is 32.2. The predicted octanol–water partition coefficient (Wildman–Crippen LogP) is 1.02. The summed E-state index contributed by atoms with van der Waals surface area (Å²) in [6.07, 6.45) is 2.08. The van der Waals surface area contributed by atoms with Crippen LogP contribution in [0, 0.1) is 5.92 Å². The highest BCUT2D eigenvalue weighted by molar-refractivity contribution is 7.93. The van der Waals surface area contributed by atoms with Gasteiger partial charge in [0.05, 0.1) is 11.5 Å². The molecule has 12 nitrogen and oxygen atoms in total. The minimum absolute atomic E-state index is 0.0707. The third kappa shape index (κ3) is 14.0. The summed E-state index contributed by atoms with van der Waals surface area (Å²) in [6, 6.07) is 3.59. The summed E-state index contributed by atoms with van der Waals surface area (Å²) >= 11 is 0. The molecule has 1 aromatic rings. The smallest absolute Gasteiger partial charge is 0.306 e. The molecule has 0 saturated heterocycles. The van der Waals surface area contributed by atoms with Gasteiger partial charge in [-0.15, -0.1) is 0 Å². The average Bonchev–Trinajstić information content (AvgIpc) is 2.82. The Hall–Kier alpha value is -2.81. The molecular formula is C26H41N3O9S2. The first-order valence-corrected chi connectivity index (χ1v) is 16.2. The van der Waals surface area contributed by atoms with E-state index in [1.54, 1.807) is 26.8 Å². The van der Waals surface area contributed by atoms with E-state index in [-0.39, 0.29) is 23.7 Å². The Kier molecular flexibility index (Phi) is 13.4. The first kappa shape index (κ1) is 35.2. The number of aliphatic hydroxyl groups excluding tert-OH is 1. The van der Waals surface area contributed by atoms with Gasteiger partial charge in [-0.2, -0.15) is 4.72 Å². The molecule has 2 amide bonds. The van der Waals surface area contributed by atoms with Gasteiger partial charge in [0.2, 0.25) is 21.8 Å². The van der Waals surface area contributed by atoms with E-state index < -0.39 is 68.0 Å². The number of sulfonamides is 1. The van der Waals surface area contributed by atoms with E-state index in [9.17, 15) is 36.3 Å². The van der Waals surface area contributed by atoms with Crippen molar-refractivity contribution in [1.82, 2.24) is 15.4 Å². The van der Waals surface area contributed by atoms with Crippen molar-refractivity contribution in [3.8, 4) is 0 Å². The zero-order chi connectivity index (χ0) is 30.7. The minimum Gasteiger partial charge on any atom is -0.460 e. The number of benzene rings is 1. The van der Waals surface area contributed by atoms with Gasteiger partial charge in [-0.1, -0.05) is 38.1 Å². The third-order valence-corrected chi connectivity index (χ3v) is 7.29. The number of nitrogens with one attached hydrogen (secondary N) is 3. The van der Waals surface area contributed by atoms with E-state index in [2.05, 4.69) is 15.4 Å². The molecule has 1 rings (SSSR count). The highest BCUT2D eigenvalue weighted by Crippen LogP contribution is 2.14. The van der Waals surface area contributed by atoms with Gasteiger partial charge in [0, 0.05) is 24.1 Å². The summed E-state index contributed by atoms with van der Waals surface area (Å²) < 4.78 is 56.4. The van der Waals surface area contributed by atoms with Crippen LogP contribution in [-0.4, -0.2) is 76.3 Å². The van der Waals surface area contributed by atoms with E-state index >= 15 is 0 Å². The first-order valence-electron chi connectivity index (χ1n) is 12.7. The van der Waals surface area contributed by atoms with Crippen LogP contribution in [0.3, 0.4) is 0 Å². The molecule has 0 aliphatic heterocycles. The molecule has 226 valence electrons. The molecule has 0 aliphatic carbocycles. The molecule has 40 heavy (non-hydrogen) atoms. The Labute approximate surface area is 236 Å². The topological polar surface area (TPSA) is 185 Å². The second-order valence-corrected chi connectivity index (χ2v) is 14.4. The number of hydrogen-bond donors (Lipinski definition) is 4. The van der Waals surface area contributed by atoms with Crippen LogP contribution < -0.4 is 15.4 Å². The number of carbonyl (C=O) groups is 3. The second-order valence-electron chi connectivity index (χ2n) is 10.8. The lowest BCUT2D eigenvalue weighted by atomic mass is 10.0. The van der Waals surface area contributed by atoms with Gasteiger partial charge < -0.3 is 20.5 Å². The summed E-state index contributed by atoms with van der Waals surface area (Å²) in [4.78, 5) is 38.2. The Morgan fingerprint density at radius 2 is 1.55 bits per heavy atom. The fourth-order valence-electron chi connectivity index (χ4n) is 3.43. The van der Waals surface area contributed by atoms with Crippen LogP contribution in [0.25, 0.3) is 0 Å². The fraction of sp³-hybridized carbons (Fsp3) is 0.577. The van der Waals surface area contributed by atoms with E-state index in [0.29, 0.717) is 6.42 Å². The van der Waals surface area contributed by atoms with Crippen molar-refractivity contribution in [1.29, 1.82) is 0 Å². The molecular weight excluding hydrogens is 562 g/mol. The van der Waals surface area contributed by atoms with E-state index in [1.165, 1.54) is 30.3 Å². The number of aliphatic hydroxyl groups is 1. The molecule has 0 heterocycles. The average molecular weight is 604 g/mol. The molecule has 0 saturated carbocycles. The van der Waals surface area contributed by atoms with Gasteiger partial charge in [-0.3, -0.25) is 14.4 Å². The quantitative estimate of drug-likeness (QED) is 0.213. The minimum atomic E-state index is -4.20. The zero-order valence-electron chi connectivity index (χ0n) is 23.7. The Balaban J connectivity index is 3.13. The van der Waals surface area contributed by atoms with Gasteiger partial charge >= 0.3 is 5.97 Å². The normalized spacial score (nSPS) is 14.9. The Bertz CT molecular complexity index is 1240. The van der Waals surface area contributed by atoms with Crippen molar-refractivity contribution < 1.29 is 41.1 Å². The lowest BCUT2D eigenvalue weighted by Crippen LogP contribution is -2.56. The van der Waals surface area contributed by atoms with E-state index in [4.69, 9.17) is 4.74 Å². The monoisotopic (exact) mass is 603 g/mol. The van der Waals surface area contributed by atoms with Gasteiger partial charge in [0.15, 0.2) is 9.84 Å². The molecule has 14 heteroatoms. The van der Waals surface area contributed by atoms with Crippen LogP contribution in [0.5, 0.6) is 0 Å². The van der Waals surface area contributed by atoms with Crippen molar-refractivity contribution in [3.63, 3.8) is 0 Å². The maximum Gasteiger partial charge on any atom is 0.306 e. The molecule has 0 aromatic heterocycles. The maximum atomic E-state index is 13.2. The second kappa shape index (κ2) is 15.3. The summed E-state index contributed by atoms with van der Waals surface area (Å²) in [5, 5.41) is 15.7. The summed E-state index contributed by atoms with van der Waals surface area (Å²) in [6.45, 7) is 7.89. The van der Waals surface area contributed by atoms with E-state index in [1.807, 2.05) is 13.8 Å². The Morgan fingerprint density at radius 1 is 0.975 bits per heavy atom. The predicted molar refractivity (Wildman–Crippen MR) is 150 cm³/mol. The molecule has 4 N–H and O–H groups in total. The first-order chi connectivity index (χ1) is 18.3. The summed E-state index contributed by atoms with van der Waals surface area (Å²) in [5.74, 6) is -2.35. The largest absolute Gasteiger partial charge is 0.460 e. The Morgan fingerprint density at radius 3 is 2.05 bits per heavy atom. The van der Waals surface area contributed by atoms with Crippen LogP contribution in [-0.2, 0) is 39.0 Å². The number of ether oxygens (including phenoxy) is 1. The number of rotatable bonds is 15. The standard InChI is InChI=1S/C26H41N3O9S2/c1-18(2)16-19(14-15-39(6,34)35)27-25(33)22(17-30)28-24(32)21(12-13-23(31)38-26(3,4)5)29-40(36,37)20-10-8-7-9-11-20/h7-11,14-15,18-19,21-22,29-30H,12-13,16-17H2,1-6H3,(H,27,33)(H,28,32)/b15-14+/t19-,21+,22+/m1/s1. The zero-order valence-corrected chi connectivity index (χ0v) is 25.3. The van der Waals surface area contributed by atoms with Crippen LogP contribution in [0.4, 0.5) is 0 Å². The lowest BCUT2D eigenvalue weighted by Gasteiger charge is -2.24. The number of sulfone groups is 1. The van der Waals surface area contributed by atoms with Crippen molar-refractivity contribution >= 4 is 37.6 Å². The van der Waals surface area contributed by atoms with Gasteiger partial charge in [0.1, 0.15) is 17.7 Å². The molecule has 0 fully saturated rings. The van der Waals surface area contributed by atoms with Crippen molar-refractivity contribution in [2.75, 3.05) is 12.9 Å². The molecule has 0 radical (unpaired) electrons. The van der Waals surface area contributed by atoms with Crippen LogP contribution in [0.2, 0.25) is 0 Å². The van der Waals surface area contributed by atoms with Crippen LogP contribution in [0.1, 0.15) is 53.9 Å².